The summed E-state index contributed by atoms with van der Waals surface area (Å²) < 4.78 is 0. The molecule has 2 fully saturated rings. The molecule has 0 aliphatic carbocycles. The molecule has 0 aromatic heterocycles. The topological polar surface area (TPSA) is 52.7 Å². The zero-order valence-electron chi connectivity index (χ0n) is 13.8. The lowest BCUT2D eigenvalue weighted by atomic mass is 9.73. The molecular weight excluding hydrogens is 290 g/mol. The van der Waals surface area contributed by atoms with Gasteiger partial charge in [-0.05, 0) is 43.2 Å². The van der Waals surface area contributed by atoms with Crippen LogP contribution in [-0.4, -0.2) is 48.4 Å². The number of piperidine rings is 1. The lowest BCUT2D eigenvalue weighted by Crippen LogP contribution is -2.45. The minimum absolute atomic E-state index is 0.0205. The van der Waals surface area contributed by atoms with Crippen LogP contribution in [0.2, 0.25) is 0 Å². The summed E-state index contributed by atoms with van der Waals surface area (Å²) >= 11 is 0. The van der Waals surface area contributed by atoms with E-state index in [4.69, 9.17) is 0 Å². The van der Waals surface area contributed by atoms with Crippen molar-refractivity contribution in [1.29, 1.82) is 0 Å². The molecule has 124 valence electrons. The number of nitrogens with one attached hydrogen (secondary N) is 1. The summed E-state index contributed by atoms with van der Waals surface area (Å²) in [5.41, 5.74) is 1.07. The van der Waals surface area contributed by atoms with E-state index in [9.17, 15) is 9.59 Å². The Morgan fingerprint density at radius 2 is 1.70 bits per heavy atom. The van der Waals surface area contributed by atoms with Gasteiger partial charge in [-0.2, -0.15) is 0 Å². The van der Waals surface area contributed by atoms with Gasteiger partial charge < -0.3 is 15.1 Å². The molecule has 1 aromatic carbocycles. The first-order valence-electron chi connectivity index (χ1n) is 8.43. The van der Waals surface area contributed by atoms with E-state index < -0.39 is 0 Å². The Balaban J connectivity index is 1.55. The summed E-state index contributed by atoms with van der Waals surface area (Å²) in [5.74, 6) is 0.256. The van der Waals surface area contributed by atoms with Crippen LogP contribution in [0.3, 0.4) is 0 Å². The molecule has 2 aliphatic heterocycles. The van der Waals surface area contributed by atoms with Gasteiger partial charge in [-0.25, -0.2) is 4.79 Å². The fourth-order valence-electron chi connectivity index (χ4n) is 3.63. The molecule has 23 heavy (non-hydrogen) atoms. The summed E-state index contributed by atoms with van der Waals surface area (Å²) in [7, 11) is 1.89. The summed E-state index contributed by atoms with van der Waals surface area (Å²) in [6.07, 6.45) is 4.66. The van der Waals surface area contributed by atoms with E-state index in [-0.39, 0.29) is 17.4 Å². The molecule has 1 spiro atoms. The highest BCUT2D eigenvalue weighted by atomic mass is 16.2. The molecule has 0 atom stereocenters. The Kier molecular flexibility index (Phi) is 4.55. The van der Waals surface area contributed by atoms with Crippen molar-refractivity contribution >= 4 is 17.6 Å². The maximum absolute atomic E-state index is 12.4. The lowest BCUT2D eigenvalue weighted by molar-refractivity contribution is -0.129. The highest BCUT2D eigenvalue weighted by Crippen LogP contribution is 2.41. The molecule has 2 heterocycles. The number of hydrogen-bond donors (Lipinski definition) is 1. The van der Waals surface area contributed by atoms with Gasteiger partial charge in [0, 0.05) is 38.8 Å². The maximum atomic E-state index is 12.4. The average Bonchev–Trinajstić information content (AvgIpc) is 2.71. The van der Waals surface area contributed by atoms with Gasteiger partial charge in [0.15, 0.2) is 0 Å². The van der Waals surface area contributed by atoms with Crippen LogP contribution in [0.4, 0.5) is 10.5 Å². The van der Waals surface area contributed by atoms with Gasteiger partial charge in [-0.1, -0.05) is 18.2 Å². The van der Waals surface area contributed by atoms with Crippen molar-refractivity contribution in [3.63, 3.8) is 0 Å². The molecule has 0 radical (unpaired) electrons. The Bertz CT molecular complexity index is 565. The van der Waals surface area contributed by atoms with Gasteiger partial charge in [0.1, 0.15) is 0 Å². The van der Waals surface area contributed by atoms with Gasteiger partial charge in [-0.15, -0.1) is 0 Å². The van der Waals surface area contributed by atoms with Crippen molar-refractivity contribution in [3.8, 4) is 0 Å². The number of nitrogens with zero attached hydrogens (tertiary/aromatic N) is 2. The van der Waals surface area contributed by atoms with Crippen molar-refractivity contribution in [2.45, 2.75) is 32.1 Å². The van der Waals surface area contributed by atoms with Gasteiger partial charge in [0.25, 0.3) is 0 Å². The van der Waals surface area contributed by atoms with Crippen LogP contribution in [0.15, 0.2) is 30.3 Å². The number of urea groups is 1. The number of carbonyl (C=O) groups excluding carboxylic acids is 2. The van der Waals surface area contributed by atoms with E-state index in [1.165, 1.54) is 0 Å². The van der Waals surface area contributed by atoms with E-state index in [0.29, 0.717) is 6.42 Å². The second-order valence-corrected chi connectivity index (χ2v) is 6.85. The first-order valence-corrected chi connectivity index (χ1v) is 8.43. The van der Waals surface area contributed by atoms with Crippen LogP contribution in [0.1, 0.15) is 32.1 Å². The Morgan fingerprint density at radius 1 is 1.04 bits per heavy atom. The van der Waals surface area contributed by atoms with Crippen molar-refractivity contribution in [1.82, 2.24) is 9.80 Å². The summed E-state index contributed by atoms with van der Waals surface area (Å²) in [6, 6.07) is 9.55. The zero-order chi connectivity index (χ0) is 16.3. The largest absolute Gasteiger partial charge is 0.346 e. The molecule has 1 aromatic rings. The van der Waals surface area contributed by atoms with Crippen LogP contribution in [0, 0.1) is 5.41 Å². The second-order valence-electron chi connectivity index (χ2n) is 6.85. The molecule has 3 amide bonds. The van der Waals surface area contributed by atoms with Crippen LogP contribution >= 0.6 is 0 Å². The summed E-state index contributed by atoms with van der Waals surface area (Å²) in [4.78, 5) is 28.0. The second kappa shape index (κ2) is 6.60. The average molecular weight is 315 g/mol. The number of likely N-dealkylation sites (tertiary alicyclic amines) is 2. The predicted octanol–water partition coefficient (Wildman–Crippen LogP) is 2.94. The van der Waals surface area contributed by atoms with Crippen molar-refractivity contribution in [2.75, 3.05) is 32.0 Å². The monoisotopic (exact) mass is 315 g/mol. The van der Waals surface area contributed by atoms with Gasteiger partial charge in [0.05, 0.1) is 0 Å². The van der Waals surface area contributed by atoms with E-state index in [1.54, 1.807) is 0 Å². The molecule has 0 saturated carbocycles. The van der Waals surface area contributed by atoms with Gasteiger partial charge >= 0.3 is 6.03 Å². The Labute approximate surface area is 137 Å². The fourth-order valence-corrected chi connectivity index (χ4v) is 3.63. The highest BCUT2D eigenvalue weighted by molar-refractivity contribution is 5.89. The number of hydrogen-bond acceptors (Lipinski definition) is 2. The van der Waals surface area contributed by atoms with Gasteiger partial charge in [-0.3, -0.25) is 4.79 Å². The highest BCUT2D eigenvalue weighted by Gasteiger charge is 2.38. The molecule has 1 N–H and O–H groups in total. The maximum Gasteiger partial charge on any atom is 0.321 e. The molecular formula is C18H25N3O2. The normalized spacial score (nSPS) is 21.2. The summed E-state index contributed by atoms with van der Waals surface area (Å²) in [5, 5.41) is 2.95. The fraction of sp³-hybridized carbons (Fsp3) is 0.556. The lowest BCUT2D eigenvalue weighted by Gasteiger charge is -2.41. The van der Waals surface area contributed by atoms with Crippen molar-refractivity contribution in [2.24, 2.45) is 5.41 Å². The first-order chi connectivity index (χ1) is 11.1. The SMILES string of the molecule is CN1CCC2(CCC1=O)CCN(C(=O)Nc1ccccc1)CC2. The van der Waals surface area contributed by atoms with E-state index >= 15 is 0 Å². The van der Waals surface area contributed by atoms with Crippen molar-refractivity contribution in [3.05, 3.63) is 30.3 Å². The van der Waals surface area contributed by atoms with E-state index in [2.05, 4.69) is 5.32 Å². The van der Waals surface area contributed by atoms with Crippen LogP contribution < -0.4 is 5.32 Å². The van der Waals surface area contributed by atoms with E-state index in [1.807, 2.05) is 47.2 Å². The standard InChI is InChI=1S/C18H25N3O2/c1-20-12-9-18(8-7-16(20)22)10-13-21(14-11-18)17(23)19-15-5-3-2-4-6-15/h2-6H,7-14H2,1H3,(H,19,23). The molecule has 0 bridgehead atoms. The number of rotatable bonds is 1. The van der Waals surface area contributed by atoms with Crippen molar-refractivity contribution < 1.29 is 9.59 Å². The number of para-hydroxylation sites is 1. The van der Waals surface area contributed by atoms with Crippen LogP contribution in [-0.2, 0) is 4.79 Å². The third-order valence-electron chi connectivity index (χ3n) is 5.41. The molecule has 3 rings (SSSR count). The minimum Gasteiger partial charge on any atom is -0.346 e. The number of amides is 3. The quantitative estimate of drug-likeness (QED) is 0.866. The third kappa shape index (κ3) is 3.66. The first kappa shape index (κ1) is 15.8. The van der Waals surface area contributed by atoms with Crippen LogP contribution in [0.25, 0.3) is 0 Å². The molecule has 5 heteroatoms. The predicted molar refractivity (Wildman–Crippen MR) is 90.2 cm³/mol. The Morgan fingerprint density at radius 3 is 2.39 bits per heavy atom. The number of benzene rings is 1. The smallest absolute Gasteiger partial charge is 0.321 e. The molecule has 0 unspecified atom stereocenters. The molecule has 2 aliphatic rings. The number of carbonyl (C=O) groups is 2. The molecule has 2 saturated heterocycles. The summed E-state index contributed by atoms with van der Waals surface area (Å²) in [6.45, 7) is 2.39. The van der Waals surface area contributed by atoms with E-state index in [0.717, 1.165) is 51.0 Å². The Hall–Kier alpha value is -2.04. The number of anilines is 1. The van der Waals surface area contributed by atoms with Gasteiger partial charge in [0.2, 0.25) is 5.91 Å². The van der Waals surface area contributed by atoms with Crippen LogP contribution in [0.5, 0.6) is 0 Å². The minimum atomic E-state index is -0.0205. The molecule has 5 nitrogen and oxygen atoms in total. The zero-order valence-corrected chi connectivity index (χ0v) is 13.8. The third-order valence-corrected chi connectivity index (χ3v) is 5.41.